The molecule has 2 rings (SSSR count). The monoisotopic (exact) mass is 385 g/mol. The Labute approximate surface area is 133 Å². The van der Waals surface area contributed by atoms with Crippen molar-refractivity contribution in [3.8, 4) is 0 Å². The molecule has 1 aromatic rings. The van der Waals surface area contributed by atoms with Crippen molar-refractivity contribution in [3.05, 3.63) is 27.3 Å². The van der Waals surface area contributed by atoms with Gasteiger partial charge in [0.1, 0.15) is 5.78 Å². The summed E-state index contributed by atoms with van der Waals surface area (Å²) in [6.07, 6.45) is 1.58. The summed E-state index contributed by atoms with van der Waals surface area (Å²) in [5, 5.41) is 0. The van der Waals surface area contributed by atoms with Gasteiger partial charge in [0.15, 0.2) is 0 Å². The van der Waals surface area contributed by atoms with Gasteiger partial charge in [0, 0.05) is 21.7 Å². The maximum atomic E-state index is 12.6. The summed E-state index contributed by atoms with van der Waals surface area (Å²) in [4.78, 5) is 26.5. The molecule has 20 heavy (non-hydrogen) atoms. The molecule has 1 atom stereocenters. The number of ketones is 1. The van der Waals surface area contributed by atoms with Crippen LogP contribution in [0.3, 0.4) is 0 Å². The molecular formula is C16H20INO2. The van der Waals surface area contributed by atoms with E-state index in [9.17, 15) is 9.59 Å². The molecule has 1 aliphatic heterocycles. The van der Waals surface area contributed by atoms with Crippen molar-refractivity contribution >= 4 is 40.0 Å². The van der Waals surface area contributed by atoms with E-state index in [2.05, 4.69) is 29.5 Å². The van der Waals surface area contributed by atoms with Gasteiger partial charge in [-0.1, -0.05) is 19.9 Å². The number of aryl methyl sites for hydroxylation is 1. The van der Waals surface area contributed by atoms with Gasteiger partial charge in [0.05, 0.1) is 5.92 Å². The predicted molar refractivity (Wildman–Crippen MR) is 88.8 cm³/mol. The lowest BCUT2D eigenvalue weighted by molar-refractivity contribution is -0.135. The predicted octanol–water partition coefficient (Wildman–Crippen LogP) is 3.57. The molecule has 1 aromatic carbocycles. The highest BCUT2D eigenvalue weighted by molar-refractivity contribution is 14.1. The summed E-state index contributed by atoms with van der Waals surface area (Å²) in [6.45, 7) is 6.49. The summed E-state index contributed by atoms with van der Waals surface area (Å²) >= 11 is 2.28. The number of carbonyl (C=O) groups excluding carboxylic acids is 2. The van der Waals surface area contributed by atoms with Gasteiger partial charge in [-0.3, -0.25) is 9.59 Å². The molecule has 108 valence electrons. The van der Waals surface area contributed by atoms with Crippen molar-refractivity contribution in [1.29, 1.82) is 0 Å². The van der Waals surface area contributed by atoms with Crippen molar-refractivity contribution in [1.82, 2.24) is 0 Å². The Kier molecular flexibility index (Phi) is 4.83. The number of hydrogen-bond donors (Lipinski definition) is 0. The van der Waals surface area contributed by atoms with Crippen LogP contribution in [-0.4, -0.2) is 18.2 Å². The molecule has 1 heterocycles. The standard InChI is InChI=1S/C16H20INO2/c1-10(2)15(19)13-5-4-8-18(16(13)20)12-7-6-11(3)14(17)9-12/h6-7,9-10,13H,4-5,8H2,1-3H3/t13-/m0/s1. The maximum absolute atomic E-state index is 12.6. The highest BCUT2D eigenvalue weighted by Gasteiger charge is 2.35. The first-order valence-electron chi connectivity index (χ1n) is 7.03. The van der Waals surface area contributed by atoms with E-state index in [1.807, 2.05) is 32.0 Å². The van der Waals surface area contributed by atoms with Crippen molar-refractivity contribution in [2.75, 3.05) is 11.4 Å². The van der Waals surface area contributed by atoms with Gasteiger partial charge in [-0.05, 0) is 60.1 Å². The number of amides is 1. The first kappa shape index (κ1) is 15.5. The molecule has 0 aromatic heterocycles. The Hall–Kier alpha value is -0.910. The van der Waals surface area contributed by atoms with Crippen LogP contribution in [-0.2, 0) is 9.59 Å². The van der Waals surface area contributed by atoms with E-state index in [0.29, 0.717) is 13.0 Å². The van der Waals surface area contributed by atoms with Crippen LogP contribution in [0, 0.1) is 22.3 Å². The number of anilines is 1. The van der Waals surface area contributed by atoms with Gasteiger partial charge in [-0.15, -0.1) is 0 Å². The molecule has 0 saturated carbocycles. The number of piperidine rings is 1. The summed E-state index contributed by atoms with van der Waals surface area (Å²) in [5.74, 6) is -0.499. The molecule has 0 radical (unpaired) electrons. The Bertz CT molecular complexity index is 539. The van der Waals surface area contributed by atoms with E-state index in [-0.39, 0.29) is 17.6 Å². The number of hydrogen-bond acceptors (Lipinski definition) is 2. The normalized spacial score (nSPS) is 19.6. The largest absolute Gasteiger partial charge is 0.312 e. The van der Waals surface area contributed by atoms with E-state index in [1.165, 1.54) is 5.56 Å². The molecule has 1 fully saturated rings. The lowest BCUT2D eigenvalue weighted by Crippen LogP contribution is -2.45. The average Bonchev–Trinajstić information content (AvgIpc) is 2.41. The third-order valence-electron chi connectivity index (χ3n) is 3.82. The Balaban J connectivity index is 2.26. The van der Waals surface area contributed by atoms with Crippen molar-refractivity contribution in [3.63, 3.8) is 0 Å². The first-order valence-corrected chi connectivity index (χ1v) is 8.11. The number of Topliss-reactive ketones (excluding diaryl/α,β-unsaturated/α-hetero) is 1. The molecule has 0 aliphatic carbocycles. The van der Waals surface area contributed by atoms with Crippen LogP contribution in [0.5, 0.6) is 0 Å². The summed E-state index contributed by atoms with van der Waals surface area (Å²) in [5.41, 5.74) is 2.11. The topological polar surface area (TPSA) is 37.4 Å². The number of rotatable bonds is 3. The van der Waals surface area contributed by atoms with Gasteiger partial charge in [0.2, 0.25) is 5.91 Å². The van der Waals surface area contributed by atoms with Crippen molar-refractivity contribution < 1.29 is 9.59 Å². The fourth-order valence-corrected chi connectivity index (χ4v) is 3.05. The van der Waals surface area contributed by atoms with Crippen LogP contribution in [0.25, 0.3) is 0 Å². The zero-order valence-corrected chi connectivity index (χ0v) is 14.3. The highest BCUT2D eigenvalue weighted by atomic mass is 127. The lowest BCUT2D eigenvalue weighted by Gasteiger charge is -2.32. The Morgan fingerprint density at radius 1 is 1.40 bits per heavy atom. The van der Waals surface area contributed by atoms with E-state index in [1.54, 1.807) is 4.90 Å². The van der Waals surface area contributed by atoms with Crippen LogP contribution in [0.2, 0.25) is 0 Å². The summed E-state index contributed by atoms with van der Waals surface area (Å²) in [7, 11) is 0. The smallest absolute Gasteiger partial charge is 0.237 e. The maximum Gasteiger partial charge on any atom is 0.237 e. The van der Waals surface area contributed by atoms with Gasteiger partial charge in [0.25, 0.3) is 0 Å². The fourth-order valence-electron chi connectivity index (χ4n) is 2.55. The van der Waals surface area contributed by atoms with Crippen molar-refractivity contribution in [2.45, 2.75) is 33.6 Å². The first-order chi connectivity index (χ1) is 9.41. The second kappa shape index (κ2) is 6.24. The Morgan fingerprint density at radius 2 is 2.10 bits per heavy atom. The van der Waals surface area contributed by atoms with E-state index < -0.39 is 5.92 Å². The second-order valence-electron chi connectivity index (χ2n) is 5.68. The average molecular weight is 385 g/mol. The number of halogens is 1. The van der Waals surface area contributed by atoms with Crippen LogP contribution < -0.4 is 4.90 Å². The number of benzene rings is 1. The molecule has 1 saturated heterocycles. The molecule has 3 nitrogen and oxygen atoms in total. The molecule has 0 unspecified atom stereocenters. The van der Waals surface area contributed by atoms with Crippen LogP contribution in [0.1, 0.15) is 32.3 Å². The van der Waals surface area contributed by atoms with Crippen molar-refractivity contribution in [2.24, 2.45) is 11.8 Å². The third kappa shape index (κ3) is 3.05. The number of nitrogens with zero attached hydrogens (tertiary/aromatic N) is 1. The molecular weight excluding hydrogens is 365 g/mol. The quantitative estimate of drug-likeness (QED) is 0.590. The Morgan fingerprint density at radius 3 is 2.70 bits per heavy atom. The van der Waals surface area contributed by atoms with Crippen LogP contribution in [0.15, 0.2) is 18.2 Å². The zero-order chi connectivity index (χ0) is 14.9. The highest BCUT2D eigenvalue weighted by Crippen LogP contribution is 2.28. The summed E-state index contributed by atoms with van der Waals surface area (Å²) < 4.78 is 1.14. The van der Waals surface area contributed by atoms with Gasteiger partial charge in [-0.25, -0.2) is 0 Å². The lowest BCUT2D eigenvalue weighted by atomic mass is 9.87. The molecule has 1 amide bonds. The number of carbonyl (C=O) groups is 2. The zero-order valence-electron chi connectivity index (χ0n) is 12.1. The van der Waals surface area contributed by atoms with Crippen LogP contribution in [0.4, 0.5) is 5.69 Å². The van der Waals surface area contributed by atoms with E-state index in [4.69, 9.17) is 0 Å². The fraction of sp³-hybridized carbons (Fsp3) is 0.500. The SMILES string of the molecule is Cc1ccc(N2CCC[C@@H](C(=O)C(C)C)C2=O)cc1I. The summed E-state index contributed by atoms with van der Waals surface area (Å²) in [6, 6.07) is 6.02. The minimum absolute atomic E-state index is 0.0328. The van der Waals surface area contributed by atoms with Gasteiger partial charge >= 0.3 is 0 Å². The molecule has 0 bridgehead atoms. The minimum atomic E-state index is -0.456. The van der Waals surface area contributed by atoms with Gasteiger partial charge in [-0.2, -0.15) is 0 Å². The van der Waals surface area contributed by atoms with E-state index in [0.717, 1.165) is 15.7 Å². The second-order valence-corrected chi connectivity index (χ2v) is 6.84. The van der Waals surface area contributed by atoms with E-state index >= 15 is 0 Å². The molecule has 1 aliphatic rings. The third-order valence-corrected chi connectivity index (χ3v) is 4.98. The van der Waals surface area contributed by atoms with Crippen LogP contribution >= 0.6 is 22.6 Å². The minimum Gasteiger partial charge on any atom is -0.312 e. The molecule has 4 heteroatoms. The van der Waals surface area contributed by atoms with Gasteiger partial charge < -0.3 is 4.90 Å². The molecule has 0 N–H and O–H groups in total. The molecule has 0 spiro atoms.